The molecule has 0 bridgehead atoms. The van der Waals surface area contributed by atoms with Crippen LogP contribution in [0.15, 0.2) is 18.2 Å². The highest BCUT2D eigenvalue weighted by atomic mass is 19.1. The van der Waals surface area contributed by atoms with Gasteiger partial charge in [0.25, 0.3) is 5.91 Å². The number of halogens is 1. The lowest BCUT2D eigenvalue weighted by molar-refractivity contribution is 0.0827. The predicted octanol–water partition coefficient (Wildman–Crippen LogP) is -0.793. The summed E-state index contributed by atoms with van der Waals surface area (Å²) in [6.07, 6.45) is 0. The van der Waals surface area contributed by atoms with Crippen LogP contribution in [-0.2, 0) is 0 Å². The quantitative estimate of drug-likeness (QED) is 0.630. The molecular weight excluding hydrogens is 200 g/mol. The summed E-state index contributed by atoms with van der Waals surface area (Å²) in [6, 6.07) is 3.51. The summed E-state index contributed by atoms with van der Waals surface area (Å²) < 4.78 is 13.2. The number of hydrogen-bond donors (Lipinski definition) is 2. The molecule has 1 rings (SSSR count). The van der Waals surface area contributed by atoms with Crippen LogP contribution in [0.4, 0.5) is 4.39 Å². The van der Waals surface area contributed by atoms with E-state index in [4.69, 9.17) is 10.0 Å². The van der Waals surface area contributed by atoms with Gasteiger partial charge < -0.3 is 14.9 Å². The zero-order valence-corrected chi connectivity index (χ0v) is 8.44. The molecule has 80 valence electrons. The fourth-order valence-electron chi connectivity index (χ4n) is 1.13. The molecule has 1 aromatic carbocycles. The van der Waals surface area contributed by atoms with Gasteiger partial charge in [0.15, 0.2) is 0 Å². The summed E-state index contributed by atoms with van der Waals surface area (Å²) in [5, 5.41) is 17.5. The number of nitrogens with zero attached hydrogens (tertiary/aromatic N) is 1. The molecule has 1 aromatic rings. The first kappa shape index (κ1) is 11.7. The van der Waals surface area contributed by atoms with Crippen LogP contribution in [-0.4, -0.2) is 42.1 Å². The summed E-state index contributed by atoms with van der Waals surface area (Å²) in [5.41, 5.74) is -0.0767. The summed E-state index contributed by atoms with van der Waals surface area (Å²) in [4.78, 5) is 12.7. The highest BCUT2D eigenvalue weighted by molar-refractivity contribution is 6.58. The van der Waals surface area contributed by atoms with Gasteiger partial charge in [0.05, 0.1) is 0 Å². The average molecular weight is 211 g/mol. The Morgan fingerprint density at radius 2 is 2.00 bits per heavy atom. The fourth-order valence-corrected chi connectivity index (χ4v) is 1.13. The Bertz CT molecular complexity index is 382. The van der Waals surface area contributed by atoms with Crippen molar-refractivity contribution in [2.75, 3.05) is 14.1 Å². The normalized spacial score (nSPS) is 9.93. The van der Waals surface area contributed by atoms with E-state index < -0.39 is 12.9 Å². The molecule has 0 unspecified atom stereocenters. The molecule has 0 radical (unpaired) electrons. The zero-order valence-electron chi connectivity index (χ0n) is 8.44. The molecule has 2 N–H and O–H groups in total. The lowest BCUT2D eigenvalue weighted by atomic mass is 9.79. The minimum atomic E-state index is -1.87. The number of amides is 1. The van der Waals surface area contributed by atoms with Crippen LogP contribution in [0.5, 0.6) is 0 Å². The van der Waals surface area contributed by atoms with Crippen molar-refractivity contribution in [1.29, 1.82) is 0 Å². The Balaban J connectivity index is 3.07. The summed E-state index contributed by atoms with van der Waals surface area (Å²) in [7, 11) is 1.23. The van der Waals surface area contributed by atoms with Crippen molar-refractivity contribution in [2.45, 2.75) is 0 Å². The topological polar surface area (TPSA) is 60.8 Å². The number of hydrogen-bond acceptors (Lipinski definition) is 3. The van der Waals surface area contributed by atoms with Crippen molar-refractivity contribution >= 4 is 18.5 Å². The second kappa shape index (κ2) is 4.42. The largest absolute Gasteiger partial charge is 0.491 e. The van der Waals surface area contributed by atoms with Crippen molar-refractivity contribution in [3.8, 4) is 0 Å². The summed E-state index contributed by atoms with van der Waals surface area (Å²) >= 11 is 0. The van der Waals surface area contributed by atoms with E-state index >= 15 is 0 Å². The van der Waals surface area contributed by atoms with Gasteiger partial charge >= 0.3 is 7.12 Å². The maximum absolute atomic E-state index is 13.2. The van der Waals surface area contributed by atoms with Gasteiger partial charge in [-0.15, -0.1) is 0 Å². The molecule has 0 aliphatic heterocycles. The van der Waals surface area contributed by atoms with Gasteiger partial charge in [-0.2, -0.15) is 0 Å². The molecular formula is C9H11BFNO3. The number of carbonyl (C=O) groups excluding carboxylic acids is 1. The van der Waals surface area contributed by atoms with Gasteiger partial charge in [0.2, 0.25) is 0 Å². The van der Waals surface area contributed by atoms with Crippen molar-refractivity contribution < 1.29 is 19.2 Å². The fraction of sp³-hybridized carbons (Fsp3) is 0.222. The van der Waals surface area contributed by atoms with Gasteiger partial charge in [0, 0.05) is 25.1 Å². The van der Waals surface area contributed by atoms with Gasteiger partial charge in [-0.25, -0.2) is 4.39 Å². The first-order valence-corrected chi connectivity index (χ1v) is 4.30. The van der Waals surface area contributed by atoms with Crippen LogP contribution >= 0.6 is 0 Å². The third kappa shape index (κ3) is 2.54. The summed E-state index contributed by atoms with van der Waals surface area (Å²) in [5.74, 6) is -1.15. The maximum atomic E-state index is 13.2. The van der Waals surface area contributed by atoms with Crippen molar-refractivity contribution in [3.63, 3.8) is 0 Å². The molecule has 4 nitrogen and oxygen atoms in total. The van der Waals surface area contributed by atoms with Gasteiger partial charge in [-0.05, 0) is 12.1 Å². The average Bonchev–Trinajstić information content (AvgIpc) is 2.15. The van der Waals surface area contributed by atoms with Crippen molar-refractivity contribution in [2.24, 2.45) is 0 Å². The molecule has 1 amide bonds. The molecule has 0 saturated carbocycles. The Morgan fingerprint density at radius 3 is 2.40 bits per heavy atom. The smallest absolute Gasteiger partial charge is 0.423 e. The van der Waals surface area contributed by atoms with Crippen LogP contribution in [0, 0.1) is 5.82 Å². The highest BCUT2D eigenvalue weighted by Crippen LogP contribution is 2.04. The van der Waals surface area contributed by atoms with E-state index in [1.165, 1.54) is 17.0 Å². The minimum absolute atomic E-state index is 0.168. The zero-order chi connectivity index (χ0) is 11.6. The van der Waals surface area contributed by atoms with Gasteiger partial charge in [0.1, 0.15) is 5.82 Å². The number of carbonyl (C=O) groups is 1. The molecule has 0 aliphatic rings. The molecule has 0 fully saturated rings. The highest BCUT2D eigenvalue weighted by Gasteiger charge is 2.18. The van der Waals surface area contributed by atoms with E-state index in [-0.39, 0.29) is 16.9 Å². The monoisotopic (exact) mass is 211 g/mol. The molecule has 6 heteroatoms. The first-order valence-electron chi connectivity index (χ1n) is 4.30. The lowest BCUT2D eigenvalue weighted by Gasteiger charge is -2.11. The van der Waals surface area contributed by atoms with Crippen LogP contribution < -0.4 is 5.46 Å². The number of benzene rings is 1. The maximum Gasteiger partial charge on any atom is 0.491 e. The number of rotatable bonds is 2. The molecule has 0 heterocycles. The van der Waals surface area contributed by atoms with Crippen LogP contribution in [0.3, 0.4) is 0 Å². The Morgan fingerprint density at radius 1 is 1.40 bits per heavy atom. The standard InChI is InChI=1S/C9H11BFNO3/c1-12(2)9(13)6-3-4-7(10(14)15)8(11)5-6/h3-5,14-15H,1-2H3. The van der Waals surface area contributed by atoms with Gasteiger partial charge in [-0.1, -0.05) is 6.07 Å². The Kier molecular flexibility index (Phi) is 3.44. The molecule has 0 aromatic heterocycles. The minimum Gasteiger partial charge on any atom is -0.423 e. The molecule has 0 aliphatic carbocycles. The van der Waals surface area contributed by atoms with Crippen molar-refractivity contribution in [3.05, 3.63) is 29.6 Å². The third-order valence-electron chi connectivity index (χ3n) is 1.93. The van der Waals surface area contributed by atoms with E-state index in [2.05, 4.69) is 0 Å². The lowest BCUT2D eigenvalue weighted by Crippen LogP contribution is -2.33. The van der Waals surface area contributed by atoms with Crippen LogP contribution in [0.1, 0.15) is 10.4 Å². The van der Waals surface area contributed by atoms with E-state index in [1.807, 2.05) is 0 Å². The Hall–Kier alpha value is -1.40. The van der Waals surface area contributed by atoms with E-state index in [1.54, 1.807) is 14.1 Å². The molecule has 0 saturated heterocycles. The SMILES string of the molecule is CN(C)C(=O)c1ccc(B(O)O)c(F)c1. The van der Waals surface area contributed by atoms with Crippen LogP contribution in [0.25, 0.3) is 0 Å². The summed E-state index contributed by atoms with van der Waals surface area (Å²) in [6.45, 7) is 0. The van der Waals surface area contributed by atoms with Crippen LogP contribution in [0.2, 0.25) is 0 Å². The van der Waals surface area contributed by atoms with E-state index in [0.717, 1.165) is 6.07 Å². The van der Waals surface area contributed by atoms with E-state index in [0.29, 0.717) is 0 Å². The van der Waals surface area contributed by atoms with Gasteiger partial charge in [-0.3, -0.25) is 4.79 Å². The second-order valence-corrected chi connectivity index (χ2v) is 3.31. The Labute approximate surface area is 87.1 Å². The van der Waals surface area contributed by atoms with E-state index in [9.17, 15) is 9.18 Å². The molecule has 0 spiro atoms. The second-order valence-electron chi connectivity index (χ2n) is 3.31. The third-order valence-corrected chi connectivity index (χ3v) is 1.93. The molecule has 15 heavy (non-hydrogen) atoms. The van der Waals surface area contributed by atoms with Crippen molar-refractivity contribution in [1.82, 2.24) is 4.90 Å². The first-order chi connectivity index (χ1) is 6.93. The predicted molar refractivity (Wildman–Crippen MR) is 54.2 cm³/mol. The molecule has 0 atom stereocenters.